The number of nitrogens with one attached hydrogen (secondary N) is 1. The lowest BCUT2D eigenvalue weighted by molar-refractivity contribution is -0.137. The number of carbonyl (C=O) groups excluding carboxylic acids is 2. The van der Waals surface area contributed by atoms with E-state index in [1.54, 1.807) is 24.3 Å². The SMILES string of the molecule is O=C(O)CCC(S)C(=O)Nc1ccc(C(=O)N2CCN(CCc3ccc(Cl)cc3)CC2)cc1. The molecule has 2 amide bonds. The molecule has 0 bridgehead atoms. The van der Waals surface area contributed by atoms with Gasteiger partial charge in [0.2, 0.25) is 5.91 Å². The van der Waals surface area contributed by atoms with Crippen LogP contribution in [0.15, 0.2) is 48.5 Å². The minimum absolute atomic E-state index is 0.0289. The third kappa shape index (κ3) is 7.77. The van der Waals surface area contributed by atoms with Crippen LogP contribution < -0.4 is 5.32 Å². The lowest BCUT2D eigenvalue weighted by Gasteiger charge is -2.34. The molecule has 1 saturated heterocycles. The average Bonchev–Trinajstić information content (AvgIpc) is 2.82. The zero-order valence-electron chi connectivity index (χ0n) is 18.2. The van der Waals surface area contributed by atoms with Gasteiger partial charge in [-0.3, -0.25) is 19.3 Å². The Kier molecular flexibility index (Phi) is 9.17. The maximum absolute atomic E-state index is 12.8. The van der Waals surface area contributed by atoms with Crippen LogP contribution in [0.3, 0.4) is 0 Å². The van der Waals surface area contributed by atoms with Crippen LogP contribution in [0.1, 0.15) is 28.8 Å². The molecule has 2 N–H and O–H groups in total. The van der Waals surface area contributed by atoms with Gasteiger partial charge in [-0.25, -0.2) is 0 Å². The molecular weight excluding hydrogens is 462 g/mol. The molecule has 1 unspecified atom stereocenters. The van der Waals surface area contributed by atoms with E-state index >= 15 is 0 Å². The van der Waals surface area contributed by atoms with Crippen molar-refractivity contribution in [2.45, 2.75) is 24.5 Å². The van der Waals surface area contributed by atoms with Crippen molar-refractivity contribution in [3.63, 3.8) is 0 Å². The Morgan fingerprint density at radius 2 is 1.64 bits per heavy atom. The van der Waals surface area contributed by atoms with Crippen LogP contribution in [-0.4, -0.2) is 70.7 Å². The topological polar surface area (TPSA) is 89.9 Å². The standard InChI is InChI=1S/C24H28ClN3O4S/c25-19-5-1-17(2-6-19)11-12-27-13-15-28(16-14-27)24(32)18-3-7-20(8-4-18)26-23(31)21(33)9-10-22(29)30/h1-8,21,33H,9-16H2,(H,26,31)(H,29,30). The monoisotopic (exact) mass is 489 g/mol. The summed E-state index contributed by atoms with van der Waals surface area (Å²) in [6.45, 7) is 3.93. The Hall–Kier alpha value is -2.55. The van der Waals surface area contributed by atoms with Gasteiger partial charge in [0.15, 0.2) is 0 Å². The lowest BCUT2D eigenvalue weighted by atomic mass is 10.1. The third-order valence-corrected chi connectivity index (χ3v) is 6.37. The number of carbonyl (C=O) groups is 3. The van der Waals surface area contributed by atoms with E-state index in [4.69, 9.17) is 16.7 Å². The smallest absolute Gasteiger partial charge is 0.303 e. The fourth-order valence-electron chi connectivity index (χ4n) is 3.61. The molecule has 0 saturated carbocycles. The molecule has 1 aliphatic heterocycles. The van der Waals surface area contributed by atoms with E-state index in [9.17, 15) is 14.4 Å². The van der Waals surface area contributed by atoms with Crippen LogP contribution in [-0.2, 0) is 16.0 Å². The zero-order chi connectivity index (χ0) is 23.8. The van der Waals surface area contributed by atoms with Crippen LogP contribution >= 0.6 is 24.2 Å². The molecule has 176 valence electrons. The number of benzene rings is 2. The highest BCUT2D eigenvalue weighted by molar-refractivity contribution is 7.81. The van der Waals surface area contributed by atoms with E-state index in [-0.39, 0.29) is 24.7 Å². The molecule has 0 aromatic heterocycles. The molecule has 2 aromatic rings. The first-order valence-electron chi connectivity index (χ1n) is 10.9. The van der Waals surface area contributed by atoms with Crippen molar-refractivity contribution in [1.29, 1.82) is 0 Å². The van der Waals surface area contributed by atoms with Crippen LogP contribution in [0.5, 0.6) is 0 Å². The summed E-state index contributed by atoms with van der Waals surface area (Å²) in [5, 5.41) is 11.4. The van der Waals surface area contributed by atoms with Crippen molar-refractivity contribution in [2.24, 2.45) is 0 Å². The molecule has 9 heteroatoms. The van der Waals surface area contributed by atoms with Gasteiger partial charge in [0.25, 0.3) is 5.91 Å². The number of nitrogens with zero attached hydrogens (tertiary/aromatic N) is 2. The minimum Gasteiger partial charge on any atom is -0.481 e. The van der Waals surface area contributed by atoms with Crippen molar-refractivity contribution in [3.05, 3.63) is 64.7 Å². The molecule has 7 nitrogen and oxygen atoms in total. The summed E-state index contributed by atoms with van der Waals surface area (Å²) in [6.07, 6.45) is 0.970. The highest BCUT2D eigenvalue weighted by atomic mass is 35.5. The molecule has 1 aliphatic rings. The molecule has 3 rings (SSSR count). The number of aliphatic carboxylic acids is 1. The summed E-state index contributed by atoms with van der Waals surface area (Å²) in [7, 11) is 0. The van der Waals surface area contributed by atoms with Crippen molar-refractivity contribution in [3.8, 4) is 0 Å². The number of hydrogen-bond acceptors (Lipinski definition) is 5. The maximum atomic E-state index is 12.8. The predicted molar refractivity (Wildman–Crippen MR) is 132 cm³/mol. The van der Waals surface area contributed by atoms with Gasteiger partial charge in [0, 0.05) is 55.4 Å². The first kappa shape index (κ1) is 25.1. The summed E-state index contributed by atoms with van der Waals surface area (Å²) in [5.74, 6) is -1.36. The molecule has 1 atom stereocenters. The summed E-state index contributed by atoms with van der Waals surface area (Å²) >= 11 is 10.1. The van der Waals surface area contributed by atoms with E-state index in [0.717, 1.165) is 31.1 Å². The molecule has 0 radical (unpaired) electrons. The largest absolute Gasteiger partial charge is 0.481 e. The molecule has 1 fully saturated rings. The lowest BCUT2D eigenvalue weighted by Crippen LogP contribution is -2.49. The van der Waals surface area contributed by atoms with Crippen molar-refractivity contribution in [2.75, 3.05) is 38.0 Å². The van der Waals surface area contributed by atoms with Gasteiger partial charge in [-0.2, -0.15) is 12.6 Å². The normalized spacial score (nSPS) is 15.2. The zero-order valence-corrected chi connectivity index (χ0v) is 19.9. The Morgan fingerprint density at radius 3 is 2.24 bits per heavy atom. The van der Waals surface area contributed by atoms with Crippen LogP contribution in [0.25, 0.3) is 0 Å². The van der Waals surface area contributed by atoms with Crippen molar-refractivity contribution >= 4 is 47.7 Å². The number of rotatable bonds is 9. The number of thiol groups is 1. The van der Waals surface area contributed by atoms with Gasteiger partial charge in [-0.15, -0.1) is 0 Å². The highest BCUT2D eigenvalue weighted by Crippen LogP contribution is 2.16. The fraction of sp³-hybridized carbons (Fsp3) is 0.375. The average molecular weight is 490 g/mol. The molecule has 33 heavy (non-hydrogen) atoms. The van der Waals surface area contributed by atoms with E-state index in [0.29, 0.717) is 24.3 Å². The quantitative estimate of drug-likeness (QED) is 0.469. The number of halogens is 1. The van der Waals surface area contributed by atoms with Gasteiger partial charge in [0.05, 0.1) is 5.25 Å². The summed E-state index contributed by atoms with van der Waals surface area (Å²) in [6, 6.07) is 14.6. The van der Waals surface area contributed by atoms with Gasteiger partial charge >= 0.3 is 5.97 Å². The maximum Gasteiger partial charge on any atom is 0.303 e. The number of hydrogen-bond donors (Lipinski definition) is 3. The fourth-order valence-corrected chi connectivity index (χ4v) is 3.93. The van der Waals surface area contributed by atoms with Crippen molar-refractivity contribution < 1.29 is 19.5 Å². The van der Waals surface area contributed by atoms with E-state index in [1.165, 1.54) is 5.56 Å². The van der Waals surface area contributed by atoms with Crippen molar-refractivity contribution in [1.82, 2.24) is 9.80 Å². The number of carboxylic acid groups (broad SMARTS) is 1. The molecular formula is C24H28ClN3O4S. The minimum atomic E-state index is -0.966. The summed E-state index contributed by atoms with van der Waals surface area (Å²) in [5.41, 5.74) is 2.35. The number of piperazine rings is 1. The van der Waals surface area contributed by atoms with Gasteiger partial charge in [-0.05, 0) is 54.8 Å². The van der Waals surface area contributed by atoms with Gasteiger partial charge in [0.1, 0.15) is 0 Å². The second-order valence-electron chi connectivity index (χ2n) is 8.03. The van der Waals surface area contributed by atoms with Gasteiger partial charge < -0.3 is 15.3 Å². The first-order valence-corrected chi connectivity index (χ1v) is 11.8. The predicted octanol–water partition coefficient (Wildman–Crippen LogP) is 3.44. The van der Waals surface area contributed by atoms with Crippen LogP contribution in [0.2, 0.25) is 5.02 Å². The Morgan fingerprint density at radius 1 is 1.00 bits per heavy atom. The second kappa shape index (κ2) is 12.1. The van der Waals surface area contributed by atoms with E-state index in [1.807, 2.05) is 29.2 Å². The van der Waals surface area contributed by atoms with Crippen LogP contribution in [0, 0.1) is 0 Å². The molecule has 1 heterocycles. The number of anilines is 1. The highest BCUT2D eigenvalue weighted by Gasteiger charge is 2.22. The first-order chi connectivity index (χ1) is 15.8. The number of carboxylic acids is 1. The van der Waals surface area contributed by atoms with Crippen LogP contribution in [0.4, 0.5) is 5.69 Å². The Labute approximate surface area is 204 Å². The third-order valence-electron chi connectivity index (χ3n) is 5.62. The van der Waals surface area contributed by atoms with E-state index < -0.39 is 11.2 Å². The van der Waals surface area contributed by atoms with Gasteiger partial charge in [-0.1, -0.05) is 23.7 Å². The number of amides is 2. The summed E-state index contributed by atoms with van der Waals surface area (Å²) in [4.78, 5) is 39.8. The Balaban J connectivity index is 1.44. The summed E-state index contributed by atoms with van der Waals surface area (Å²) < 4.78 is 0. The Bertz CT molecular complexity index is 961. The molecule has 0 spiro atoms. The molecule has 2 aromatic carbocycles. The second-order valence-corrected chi connectivity index (χ2v) is 9.08. The molecule has 0 aliphatic carbocycles. The van der Waals surface area contributed by atoms with E-state index in [2.05, 4.69) is 22.8 Å².